The van der Waals surface area contributed by atoms with Crippen molar-refractivity contribution in [3.63, 3.8) is 0 Å². The largest absolute Gasteiger partial charge is 0.497 e. The van der Waals surface area contributed by atoms with Crippen LogP contribution in [0.1, 0.15) is 5.69 Å². The number of nitrogens with zero attached hydrogens (tertiary/aromatic N) is 2. The van der Waals surface area contributed by atoms with Crippen molar-refractivity contribution in [1.29, 1.82) is 0 Å². The molecule has 0 atom stereocenters. The van der Waals surface area contributed by atoms with Crippen molar-refractivity contribution in [3.05, 3.63) is 65.3 Å². The van der Waals surface area contributed by atoms with Gasteiger partial charge in [-0.1, -0.05) is 35.5 Å². The summed E-state index contributed by atoms with van der Waals surface area (Å²) in [6.07, 6.45) is -4.65. The van der Waals surface area contributed by atoms with E-state index in [9.17, 15) is 18.0 Å². The van der Waals surface area contributed by atoms with Crippen LogP contribution in [0.4, 0.5) is 18.9 Å². The van der Waals surface area contributed by atoms with Gasteiger partial charge in [0.15, 0.2) is 5.16 Å². The van der Waals surface area contributed by atoms with Crippen LogP contribution in [0.5, 0.6) is 5.75 Å². The van der Waals surface area contributed by atoms with Crippen LogP contribution in [0.25, 0.3) is 11.3 Å². The maximum absolute atomic E-state index is 13.3. The normalized spacial score (nSPS) is 11.2. The van der Waals surface area contributed by atoms with E-state index < -0.39 is 17.8 Å². The lowest BCUT2D eigenvalue weighted by Crippen LogP contribution is -2.15. The molecule has 30 heavy (non-hydrogen) atoms. The number of aromatic nitrogens is 2. The Morgan fingerprint density at radius 1 is 1.13 bits per heavy atom. The number of anilines is 1. The fraction of sp³-hybridized carbons (Fsp3) is 0.150. The third kappa shape index (κ3) is 5.64. The number of para-hydroxylation sites is 1. The van der Waals surface area contributed by atoms with Crippen LogP contribution in [0.3, 0.4) is 0 Å². The summed E-state index contributed by atoms with van der Waals surface area (Å²) in [5, 5.41) is 2.79. The van der Waals surface area contributed by atoms with E-state index in [1.807, 2.05) is 0 Å². The molecule has 0 unspecified atom stereocenters. The molecule has 156 valence electrons. The molecule has 0 spiro atoms. The highest BCUT2D eigenvalue weighted by Gasteiger charge is 2.34. The van der Waals surface area contributed by atoms with Crippen LogP contribution >= 0.6 is 23.4 Å². The SMILES string of the molecule is COc1ccc(-c2cc(C(F)(F)F)nc(SCC(=O)Nc3ccccc3Cl)n2)cc1. The number of carbonyl (C=O) groups excluding carboxylic acids is 1. The molecule has 5 nitrogen and oxygen atoms in total. The highest BCUT2D eigenvalue weighted by molar-refractivity contribution is 7.99. The number of nitrogens with one attached hydrogen (secondary N) is 1. The summed E-state index contributed by atoms with van der Waals surface area (Å²) in [6, 6.07) is 13.9. The molecule has 3 rings (SSSR count). The summed E-state index contributed by atoms with van der Waals surface area (Å²) in [7, 11) is 1.49. The molecule has 0 bridgehead atoms. The second-order valence-electron chi connectivity index (χ2n) is 5.96. The summed E-state index contributed by atoms with van der Waals surface area (Å²) in [5.41, 5.74) is -0.119. The molecular weight excluding hydrogens is 439 g/mol. The van der Waals surface area contributed by atoms with Crippen LogP contribution < -0.4 is 10.1 Å². The standard InChI is InChI=1S/C20H15ClF3N3O2S/c1-29-13-8-6-12(7-9-13)16-10-17(20(22,23)24)27-19(26-16)30-11-18(28)25-15-5-3-2-4-14(15)21/h2-10H,11H2,1H3,(H,25,28). The molecule has 1 heterocycles. The Morgan fingerprint density at radius 2 is 1.83 bits per heavy atom. The van der Waals surface area contributed by atoms with Crippen molar-refractivity contribution in [1.82, 2.24) is 9.97 Å². The Balaban J connectivity index is 1.81. The predicted molar refractivity (Wildman–Crippen MR) is 110 cm³/mol. The van der Waals surface area contributed by atoms with Gasteiger partial charge >= 0.3 is 6.18 Å². The van der Waals surface area contributed by atoms with Gasteiger partial charge in [-0.25, -0.2) is 9.97 Å². The monoisotopic (exact) mass is 453 g/mol. The van der Waals surface area contributed by atoms with E-state index in [0.717, 1.165) is 17.8 Å². The van der Waals surface area contributed by atoms with Gasteiger partial charge in [0.2, 0.25) is 5.91 Å². The maximum atomic E-state index is 13.3. The Kier molecular flexibility index (Phi) is 6.84. The van der Waals surface area contributed by atoms with E-state index in [-0.39, 0.29) is 16.6 Å². The first-order valence-corrected chi connectivity index (χ1v) is 9.90. The molecule has 10 heteroatoms. The van der Waals surface area contributed by atoms with E-state index in [0.29, 0.717) is 22.0 Å². The van der Waals surface area contributed by atoms with E-state index >= 15 is 0 Å². The van der Waals surface area contributed by atoms with Gasteiger partial charge < -0.3 is 10.1 Å². The number of halogens is 4. The molecule has 1 N–H and O–H groups in total. The number of methoxy groups -OCH3 is 1. The first-order valence-electron chi connectivity index (χ1n) is 8.54. The molecular formula is C20H15ClF3N3O2S. The second kappa shape index (κ2) is 9.36. The van der Waals surface area contributed by atoms with Gasteiger partial charge in [0, 0.05) is 5.56 Å². The van der Waals surface area contributed by atoms with Crippen LogP contribution in [-0.2, 0) is 11.0 Å². The van der Waals surface area contributed by atoms with Crippen molar-refractivity contribution in [2.75, 3.05) is 18.2 Å². The van der Waals surface area contributed by atoms with Crippen molar-refractivity contribution < 1.29 is 22.7 Å². The van der Waals surface area contributed by atoms with Crippen molar-refractivity contribution in [2.24, 2.45) is 0 Å². The summed E-state index contributed by atoms with van der Waals surface area (Å²) < 4.78 is 45.0. The van der Waals surface area contributed by atoms with Gasteiger partial charge in [-0.15, -0.1) is 0 Å². The smallest absolute Gasteiger partial charge is 0.433 e. The number of amides is 1. The van der Waals surface area contributed by atoms with Crippen LogP contribution in [0.2, 0.25) is 5.02 Å². The number of thioether (sulfide) groups is 1. The average molecular weight is 454 g/mol. The lowest BCUT2D eigenvalue weighted by molar-refractivity contribution is -0.141. The summed E-state index contributed by atoms with van der Waals surface area (Å²) >= 11 is 6.78. The molecule has 0 saturated heterocycles. The first kappa shape index (κ1) is 21.9. The second-order valence-corrected chi connectivity index (χ2v) is 7.31. The van der Waals surface area contributed by atoms with E-state index in [1.165, 1.54) is 7.11 Å². The van der Waals surface area contributed by atoms with Gasteiger partial charge in [-0.2, -0.15) is 13.2 Å². The number of carbonyl (C=O) groups is 1. The van der Waals surface area contributed by atoms with Crippen LogP contribution in [0, 0.1) is 0 Å². The number of rotatable bonds is 6. The molecule has 3 aromatic rings. The fourth-order valence-corrected chi connectivity index (χ4v) is 3.26. The summed E-state index contributed by atoms with van der Waals surface area (Å²) in [5.74, 6) is -0.0657. The molecule has 0 aliphatic carbocycles. The molecule has 2 aromatic carbocycles. The molecule has 1 aromatic heterocycles. The number of hydrogen-bond acceptors (Lipinski definition) is 5. The Bertz CT molecular complexity index is 1050. The highest BCUT2D eigenvalue weighted by Crippen LogP contribution is 2.32. The zero-order chi connectivity index (χ0) is 21.7. The molecule has 0 aliphatic rings. The lowest BCUT2D eigenvalue weighted by Gasteiger charge is -2.11. The number of hydrogen-bond donors (Lipinski definition) is 1. The lowest BCUT2D eigenvalue weighted by atomic mass is 10.1. The minimum absolute atomic E-state index is 0.0917. The third-order valence-electron chi connectivity index (χ3n) is 3.86. The van der Waals surface area contributed by atoms with E-state index in [4.69, 9.17) is 16.3 Å². The van der Waals surface area contributed by atoms with Gasteiger partial charge in [-0.05, 0) is 42.5 Å². The molecule has 0 radical (unpaired) electrons. The topological polar surface area (TPSA) is 64.1 Å². The zero-order valence-electron chi connectivity index (χ0n) is 15.5. The fourth-order valence-electron chi connectivity index (χ4n) is 2.42. The number of alkyl halides is 3. The minimum Gasteiger partial charge on any atom is -0.497 e. The van der Waals surface area contributed by atoms with E-state index in [2.05, 4.69) is 15.3 Å². The first-order chi connectivity index (χ1) is 14.3. The summed E-state index contributed by atoms with van der Waals surface area (Å²) in [6.45, 7) is 0. The quantitative estimate of drug-likeness (QED) is 0.391. The van der Waals surface area contributed by atoms with Gasteiger partial charge in [0.25, 0.3) is 0 Å². The highest BCUT2D eigenvalue weighted by atomic mass is 35.5. The number of ether oxygens (including phenoxy) is 1. The van der Waals surface area contributed by atoms with Crippen molar-refractivity contribution >= 4 is 35.0 Å². The van der Waals surface area contributed by atoms with Gasteiger partial charge in [0.05, 0.1) is 29.3 Å². The molecule has 1 amide bonds. The minimum atomic E-state index is -4.65. The number of benzene rings is 2. The van der Waals surface area contributed by atoms with Crippen molar-refractivity contribution in [2.45, 2.75) is 11.3 Å². The van der Waals surface area contributed by atoms with Gasteiger partial charge in [0.1, 0.15) is 11.4 Å². The zero-order valence-corrected chi connectivity index (χ0v) is 17.1. The van der Waals surface area contributed by atoms with Crippen molar-refractivity contribution in [3.8, 4) is 17.0 Å². The van der Waals surface area contributed by atoms with Gasteiger partial charge in [-0.3, -0.25) is 4.79 Å². The molecule has 0 fully saturated rings. The Morgan fingerprint density at radius 3 is 2.47 bits per heavy atom. The Hall–Kier alpha value is -2.78. The van der Waals surface area contributed by atoms with E-state index in [1.54, 1.807) is 48.5 Å². The van der Waals surface area contributed by atoms with Crippen LogP contribution in [0.15, 0.2) is 59.8 Å². The Labute approximate surface area is 179 Å². The molecule has 0 aliphatic heterocycles. The summed E-state index contributed by atoms with van der Waals surface area (Å²) in [4.78, 5) is 19.9. The average Bonchev–Trinajstić information content (AvgIpc) is 2.73. The third-order valence-corrected chi connectivity index (χ3v) is 5.04. The maximum Gasteiger partial charge on any atom is 0.433 e. The molecule has 0 saturated carbocycles. The van der Waals surface area contributed by atoms with Crippen LogP contribution in [-0.4, -0.2) is 28.7 Å². The predicted octanol–water partition coefficient (Wildman–Crippen LogP) is 5.56.